The Bertz CT molecular complexity index is 866. The number of anilines is 1. The normalized spacial score (nSPS) is 10.8. The highest BCUT2D eigenvalue weighted by atomic mass is 32.2. The van der Waals surface area contributed by atoms with Gasteiger partial charge in [0.1, 0.15) is 11.6 Å². The van der Waals surface area contributed by atoms with Crippen LogP contribution in [0.4, 0.5) is 5.82 Å². The second-order valence-electron chi connectivity index (χ2n) is 6.03. The van der Waals surface area contributed by atoms with Crippen molar-refractivity contribution in [3.8, 4) is 5.75 Å². The molecular weight excluding hydrogens is 364 g/mol. The van der Waals surface area contributed by atoms with Crippen LogP contribution in [0, 0.1) is 0 Å². The van der Waals surface area contributed by atoms with Gasteiger partial charge in [0, 0.05) is 6.20 Å². The van der Waals surface area contributed by atoms with E-state index in [2.05, 4.69) is 34.3 Å². The molecule has 1 aromatic carbocycles. The summed E-state index contributed by atoms with van der Waals surface area (Å²) in [5.41, 5.74) is 1.25. The second kappa shape index (κ2) is 9.18. The van der Waals surface area contributed by atoms with Gasteiger partial charge in [0.25, 0.3) is 11.1 Å². The predicted octanol–water partition coefficient (Wildman–Crippen LogP) is 3.90. The summed E-state index contributed by atoms with van der Waals surface area (Å²) >= 11 is 1.16. The minimum absolute atomic E-state index is 0.149. The van der Waals surface area contributed by atoms with Gasteiger partial charge in [-0.3, -0.25) is 4.79 Å². The third kappa shape index (κ3) is 5.82. The molecule has 140 valence electrons. The maximum Gasteiger partial charge on any atom is 0.277 e. The molecule has 1 amide bonds. The molecule has 0 radical (unpaired) electrons. The Labute approximate surface area is 161 Å². The predicted molar refractivity (Wildman–Crippen MR) is 103 cm³/mol. The molecule has 0 atom stereocenters. The molecule has 0 bridgehead atoms. The van der Waals surface area contributed by atoms with Gasteiger partial charge in [-0.15, -0.1) is 10.2 Å². The van der Waals surface area contributed by atoms with Crippen LogP contribution >= 0.6 is 11.8 Å². The first-order chi connectivity index (χ1) is 13.1. The molecule has 0 unspecified atom stereocenters. The minimum atomic E-state index is -0.194. The molecule has 0 saturated heterocycles. The summed E-state index contributed by atoms with van der Waals surface area (Å²) in [5, 5.41) is 10.9. The first-order valence-corrected chi connectivity index (χ1v) is 9.47. The van der Waals surface area contributed by atoms with Crippen molar-refractivity contribution >= 4 is 23.5 Å². The van der Waals surface area contributed by atoms with Gasteiger partial charge in [-0.05, 0) is 35.7 Å². The number of rotatable bonds is 8. The lowest BCUT2D eigenvalue weighted by molar-refractivity contribution is -0.113. The van der Waals surface area contributed by atoms with Crippen LogP contribution in [0.2, 0.25) is 0 Å². The van der Waals surface area contributed by atoms with E-state index >= 15 is 0 Å². The zero-order valence-corrected chi connectivity index (χ0v) is 15.9. The molecule has 0 fully saturated rings. The van der Waals surface area contributed by atoms with Crippen LogP contribution in [0.1, 0.15) is 31.2 Å². The number of ether oxygens (including phenoxy) is 1. The van der Waals surface area contributed by atoms with E-state index in [0.717, 1.165) is 17.5 Å². The maximum absolute atomic E-state index is 11.9. The topological polar surface area (TPSA) is 90.1 Å². The summed E-state index contributed by atoms with van der Waals surface area (Å²) in [7, 11) is 0. The number of carbonyl (C=O) groups is 1. The lowest BCUT2D eigenvalue weighted by atomic mass is 10.0. The van der Waals surface area contributed by atoms with Crippen LogP contribution in [-0.2, 0) is 11.4 Å². The van der Waals surface area contributed by atoms with Gasteiger partial charge in [0.05, 0.1) is 5.75 Å². The maximum atomic E-state index is 11.9. The van der Waals surface area contributed by atoms with Gasteiger partial charge in [-0.1, -0.05) is 43.8 Å². The van der Waals surface area contributed by atoms with Crippen molar-refractivity contribution in [2.75, 3.05) is 11.1 Å². The van der Waals surface area contributed by atoms with E-state index < -0.39 is 0 Å². The van der Waals surface area contributed by atoms with E-state index in [9.17, 15) is 4.79 Å². The molecule has 1 N–H and O–H groups in total. The van der Waals surface area contributed by atoms with Crippen molar-refractivity contribution in [2.45, 2.75) is 31.6 Å². The van der Waals surface area contributed by atoms with E-state index in [4.69, 9.17) is 9.15 Å². The number of nitrogens with one attached hydrogen (secondary N) is 1. The van der Waals surface area contributed by atoms with Gasteiger partial charge < -0.3 is 14.5 Å². The Morgan fingerprint density at radius 1 is 1.19 bits per heavy atom. The van der Waals surface area contributed by atoms with Gasteiger partial charge in [0.2, 0.25) is 5.91 Å². The summed E-state index contributed by atoms with van der Waals surface area (Å²) in [5.74, 6) is 2.03. The molecular formula is C19H20N4O3S. The van der Waals surface area contributed by atoms with Crippen LogP contribution < -0.4 is 10.1 Å². The van der Waals surface area contributed by atoms with Crippen molar-refractivity contribution in [1.82, 2.24) is 15.2 Å². The summed E-state index contributed by atoms with van der Waals surface area (Å²) in [6.45, 7) is 4.46. The molecule has 0 aliphatic rings. The van der Waals surface area contributed by atoms with Crippen molar-refractivity contribution in [2.24, 2.45) is 0 Å². The van der Waals surface area contributed by atoms with Crippen molar-refractivity contribution in [1.29, 1.82) is 0 Å². The summed E-state index contributed by atoms with van der Waals surface area (Å²) in [6, 6.07) is 13.2. The number of benzene rings is 1. The van der Waals surface area contributed by atoms with E-state index in [0.29, 0.717) is 22.8 Å². The second-order valence-corrected chi connectivity index (χ2v) is 6.95. The Hall–Kier alpha value is -2.87. The lowest BCUT2D eigenvalue weighted by Gasteiger charge is -2.07. The molecule has 8 heteroatoms. The summed E-state index contributed by atoms with van der Waals surface area (Å²) < 4.78 is 11.1. The van der Waals surface area contributed by atoms with Crippen molar-refractivity contribution < 1.29 is 13.9 Å². The van der Waals surface area contributed by atoms with Crippen LogP contribution in [0.25, 0.3) is 0 Å². The molecule has 27 heavy (non-hydrogen) atoms. The zero-order chi connectivity index (χ0) is 19.1. The smallest absolute Gasteiger partial charge is 0.277 e. The number of nitrogens with zero attached hydrogens (tertiary/aromatic N) is 3. The molecule has 0 aliphatic heterocycles. The Morgan fingerprint density at radius 2 is 2.00 bits per heavy atom. The Balaban J connectivity index is 1.44. The zero-order valence-electron chi connectivity index (χ0n) is 15.1. The number of carbonyl (C=O) groups excluding carboxylic acids is 1. The van der Waals surface area contributed by atoms with Gasteiger partial charge in [-0.2, -0.15) is 0 Å². The van der Waals surface area contributed by atoms with E-state index in [-0.39, 0.29) is 18.3 Å². The monoisotopic (exact) mass is 384 g/mol. The van der Waals surface area contributed by atoms with E-state index in [1.165, 1.54) is 5.56 Å². The number of thioether (sulfide) groups is 1. The molecule has 7 nitrogen and oxygen atoms in total. The quantitative estimate of drug-likeness (QED) is 0.589. The molecule has 2 heterocycles. The third-order valence-corrected chi connectivity index (χ3v) is 4.43. The van der Waals surface area contributed by atoms with Crippen molar-refractivity contribution in [3.63, 3.8) is 0 Å². The fourth-order valence-corrected chi connectivity index (χ4v) is 2.77. The standard InChI is InChI=1S/C19H20N4O3S/c1-13(2)14-6-8-15(9-7-14)25-11-18-22-23-19(26-18)27-12-17(24)21-16-5-3-4-10-20-16/h3-10,13H,11-12H2,1-2H3,(H,20,21,24). The third-order valence-electron chi connectivity index (χ3n) is 3.62. The molecule has 2 aromatic heterocycles. The van der Waals surface area contributed by atoms with Gasteiger partial charge in [-0.25, -0.2) is 4.98 Å². The molecule has 0 aliphatic carbocycles. The fourth-order valence-electron chi connectivity index (χ4n) is 2.19. The number of aromatic nitrogens is 3. The number of hydrogen-bond acceptors (Lipinski definition) is 7. The van der Waals surface area contributed by atoms with Crippen LogP contribution in [0.3, 0.4) is 0 Å². The SMILES string of the molecule is CC(C)c1ccc(OCc2nnc(SCC(=O)Nc3ccccn3)o2)cc1. The van der Waals surface area contributed by atoms with E-state index in [1.54, 1.807) is 24.4 Å². The summed E-state index contributed by atoms with van der Waals surface area (Å²) in [4.78, 5) is 15.9. The molecule has 0 saturated carbocycles. The highest BCUT2D eigenvalue weighted by Gasteiger charge is 2.11. The Morgan fingerprint density at radius 3 is 2.70 bits per heavy atom. The summed E-state index contributed by atoms with van der Waals surface area (Å²) in [6.07, 6.45) is 1.61. The van der Waals surface area contributed by atoms with Crippen molar-refractivity contribution in [3.05, 3.63) is 60.1 Å². The fraction of sp³-hybridized carbons (Fsp3) is 0.263. The minimum Gasteiger partial charge on any atom is -0.484 e. The average molecular weight is 384 g/mol. The van der Waals surface area contributed by atoms with Crippen LogP contribution in [0.5, 0.6) is 5.75 Å². The number of hydrogen-bond donors (Lipinski definition) is 1. The first-order valence-electron chi connectivity index (χ1n) is 8.49. The molecule has 3 aromatic rings. The largest absolute Gasteiger partial charge is 0.484 e. The highest BCUT2D eigenvalue weighted by Crippen LogP contribution is 2.20. The van der Waals surface area contributed by atoms with Crippen LogP contribution in [0.15, 0.2) is 58.3 Å². The first kappa shape index (κ1) is 18.9. The number of pyridine rings is 1. The van der Waals surface area contributed by atoms with E-state index in [1.807, 2.05) is 24.3 Å². The Kier molecular flexibility index (Phi) is 6.43. The molecule has 0 spiro atoms. The van der Waals surface area contributed by atoms with Gasteiger partial charge in [0.15, 0.2) is 6.61 Å². The lowest BCUT2D eigenvalue weighted by Crippen LogP contribution is -2.14. The van der Waals surface area contributed by atoms with Gasteiger partial charge >= 0.3 is 0 Å². The average Bonchev–Trinajstić information content (AvgIpc) is 3.14. The van der Waals surface area contributed by atoms with Crippen LogP contribution in [-0.4, -0.2) is 26.8 Å². The molecule has 3 rings (SSSR count). The number of amides is 1. The highest BCUT2D eigenvalue weighted by molar-refractivity contribution is 7.99.